The van der Waals surface area contributed by atoms with Crippen LogP contribution >= 0.6 is 0 Å². The second-order valence-electron chi connectivity index (χ2n) is 5.39. The smallest absolute Gasteiger partial charge is 0.303 e. The summed E-state index contributed by atoms with van der Waals surface area (Å²) < 4.78 is 0. The highest BCUT2D eigenvalue weighted by Gasteiger charge is 2.32. The average Bonchev–Trinajstić information content (AvgIpc) is 2.94. The van der Waals surface area contributed by atoms with E-state index in [1.54, 1.807) is 13.0 Å². The van der Waals surface area contributed by atoms with Crippen LogP contribution in [-0.4, -0.2) is 29.1 Å². The van der Waals surface area contributed by atoms with Crippen LogP contribution in [0.2, 0.25) is 0 Å². The number of nitrogens with one attached hydrogen (secondary N) is 1. The number of carbonyl (C=O) groups is 2. The summed E-state index contributed by atoms with van der Waals surface area (Å²) >= 11 is 0. The Labute approximate surface area is 128 Å². The van der Waals surface area contributed by atoms with Gasteiger partial charge in [0.2, 0.25) is 0 Å². The lowest BCUT2D eigenvalue weighted by molar-refractivity contribution is -0.137. The molecule has 0 aliphatic carbocycles. The molecular formula is C16H19N3O3. The molecule has 1 atom stereocenters. The molecule has 0 radical (unpaired) electrons. The van der Waals surface area contributed by atoms with Gasteiger partial charge in [-0.3, -0.25) is 9.59 Å². The van der Waals surface area contributed by atoms with Gasteiger partial charge in [0.1, 0.15) is 0 Å². The van der Waals surface area contributed by atoms with Crippen molar-refractivity contribution in [2.45, 2.75) is 31.7 Å². The Balaban J connectivity index is 1.77. The summed E-state index contributed by atoms with van der Waals surface area (Å²) in [6.07, 6.45) is 4.56. The minimum Gasteiger partial charge on any atom is -0.481 e. The van der Waals surface area contributed by atoms with E-state index in [9.17, 15) is 9.59 Å². The van der Waals surface area contributed by atoms with Crippen LogP contribution in [0.1, 0.15) is 24.5 Å². The number of azo groups is 1. The first-order chi connectivity index (χ1) is 10.5. The van der Waals surface area contributed by atoms with Crippen molar-refractivity contribution in [1.82, 2.24) is 5.32 Å². The van der Waals surface area contributed by atoms with Crippen molar-refractivity contribution >= 4 is 11.9 Å². The van der Waals surface area contributed by atoms with E-state index in [0.717, 1.165) is 11.1 Å². The lowest BCUT2D eigenvalue weighted by Gasteiger charge is -2.16. The number of aliphatic carboxylic acids is 1. The third-order valence-corrected chi connectivity index (χ3v) is 3.54. The molecule has 0 aromatic heterocycles. The third-order valence-electron chi connectivity index (χ3n) is 3.54. The monoisotopic (exact) mass is 301 g/mol. The quantitative estimate of drug-likeness (QED) is 0.808. The lowest BCUT2D eigenvalue weighted by atomic mass is 10.0. The molecule has 1 heterocycles. The van der Waals surface area contributed by atoms with Gasteiger partial charge in [-0.25, -0.2) is 0 Å². The zero-order valence-corrected chi connectivity index (χ0v) is 12.5. The Morgan fingerprint density at radius 3 is 2.36 bits per heavy atom. The molecule has 1 aromatic carbocycles. The molecule has 1 aliphatic rings. The van der Waals surface area contributed by atoms with Crippen molar-refractivity contribution in [2.75, 3.05) is 6.54 Å². The van der Waals surface area contributed by atoms with E-state index in [-0.39, 0.29) is 12.3 Å². The van der Waals surface area contributed by atoms with Crippen molar-refractivity contribution < 1.29 is 14.7 Å². The molecule has 0 saturated carbocycles. The Hall–Kier alpha value is -2.50. The molecule has 0 fully saturated rings. The number of carboxylic acid groups (broad SMARTS) is 1. The van der Waals surface area contributed by atoms with E-state index >= 15 is 0 Å². The number of hydrogen-bond donors (Lipinski definition) is 2. The molecule has 1 unspecified atom stereocenters. The van der Waals surface area contributed by atoms with E-state index in [1.165, 1.54) is 6.20 Å². The normalized spacial score (nSPS) is 19.3. The molecule has 1 aliphatic heterocycles. The van der Waals surface area contributed by atoms with Gasteiger partial charge in [0.15, 0.2) is 5.54 Å². The zero-order chi connectivity index (χ0) is 16.0. The number of aryl methyl sites for hydroxylation is 1. The number of nitrogens with zero attached hydrogens (tertiary/aromatic N) is 2. The van der Waals surface area contributed by atoms with Gasteiger partial charge < -0.3 is 10.4 Å². The van der Waals surface area contributed by atoms with Crippen LogP contribution in [0.15, 0.2) is 46.8 Å². The number of amides is 1. The molecule has 1 aromatic rings. The predicted octanol–water partition coefficient (Wildman–Crippen LogP) is 2.10. The van der Waals surface area contributed by atoms with Crippen LogP contribution in [0.5, 0.6) is 0 Å². The fourth-order valence-electron chi connectivity index (χ4n) is 2.11. The highest BCUT2D eigenvalue weighted by molar-refractivity contribution is 5.88. The molecule has 0 saturated heterocycles. The molecule has 2 N–H and O–H groups in total. The molecular weight excluding hydrogens is 282 g/mol. The van der Waals surface area contributed by atoms with Crippen LogP contribution in [-0.2, 0) is 22.4 Å². The maximum atomic E-state index is 12.0. The highest BCUT2D eigenvalue weighted by Crippen LogP contribution is 2.18. The summed E-state index contributed by atoms with van der Waals surface area (Å²) in [5.74, 6) is -0.957. The van der Waals surface area contributed by atoms with Crippen molar-refractivity contribution in [3.63, 3.8) is 0 Å². The van der Waals surface area contributed by atoms with Crippen molar-refractivity contribution in [2.24, 2.45) is 10.2 Å². The molecule has 116 valence electrons. The zero-order valence-electron chi connectivity index (χ0n) is 12.5. The van der Waals surface area contributed by atoms with Gasteiger partial charge in [0.05, 0.1) is 0 Å². The minimum absolute atomic E-state index is 0.135. The fraction of sp³-hybridized carbons (Fsp3) is 0.375. The maximum Gasteiger partial charge on any atom is 0.303 e. The van der Waals surface area contributed by atoms with Gasteiger partial charge in [-0.1, -0.05) is 24.3 Å². The summed E-state index contributed by atoms with van der Waals surface area (Å²) in [4.78, 5) is 22.5. The average molecular weight is 301 g/mol. The molecule has 6 heteroatoms. The molecule has 2 rings (SSSR count). The lowest BCUT2D eigenvalue weighted by Crippen LogP contribution is -2.41. The minimum atomic E-state index is -0.888. The number of carboxylic acids is 1. The highest BCUT2D eigenvalue weighted by atomic mass is 16.4. The molecule has 6 nitrogen and oxygen atoms in total. The molecule has 0 spiro atoms. The molecule has 0 bridgehead atoms. The predicted molar refractivity (Wildman–Crippen MR) is 81.5 cm³/mol. The van der Waals surface area contributed by atoms with Crippen molar-refractivity contribution in [3.05, 3.63) is 47.7 Å². The Morgan fingerprint density at radius 1 is 1.18 bits per heavy atom. The first-order valence-corrected chi connectivity index (χ1v) is 7.17. The number of benzene rings is 1. The van der Waals surface area contributed by atoms with E-state index in [1.807, 2.05) is 24.3 Å². The largest absolute Gasteiger partial charge is 0.481 e. The Bertz CT molecular complexity index is 594. The summed E-state index contributed by atoms with van der Waals surface area (Å²) in [6.45, 7) is 2.23. The Kier molecular flexibility index (Phi) is 5.04. The van der Waals surface area contributed by atoms with Crippen LogP contribution in [0.25, 0.3) is 0 Å². The van der Waals surface area contributed by atoms with Crippen LogP contribution in [0.4, 0.5) is 0 Å². The van der Waals surface area contributed by atoms with E-state index in [4.69, 9.17) is 5.11 Å². The molecule has 22 heavy (non-hydrogen) atoms. The SMILES string of the molecule is CC1(C(=O)NCCc2ccc(CCC(=O)O)cc2)C=CN=N1. The van der Waals surface area contributed by atoms with Gasteiger partial charge in [0.25, 0.3) is 5.91 Å². The number of rotatable bonds is 7. The second-order valence-corrected chi connectivity index (χ2v) is 5.39. The maximum absolute atomic E-state index is 12.0. The van der Waals surface area contributed by atoms with Crippen molar-refractivity contribution in [1.29, 1.82) is 0 Å². The third kappa shape index (κ3) is 4.25. The summed E-state index contributed by atoms with van der Waals surface area (Å²) in [7, 11) is 0. The van der Waals surface area contributed by atoms with E-state index in [2.05, 4.69) is 15.5 Å². The van der Waals surface area contributed by atoms with Gasteiger partial charge in [-0.2, -0.15) is 10.2 Å². The first-order valence-electron chi connectivity index (χ1n) is 7.17. The van der Waals surface area contributed by atoms with Gasteiger partial charge >= 0.3 is 5.97 Å². The van der Waals surface area contributed by atoms with Gasteiger partial charge in [0, 0.05) is 19.2 Å². The summed E-state index contributed by atoms with van der Waals surface area (Å²) in [6, 6.07) is 7.77. The topological polar surface area (TPSA) is 91.1 Å². The van der Waals surface area contributed by atoms with Crippen LogP contribution < -0.4 is 5.32 Å². The first kappa shape index (κ1) is 15.9. The van der Waals surface area contributed by atoms with Gasteiger partial charge in [-0.15, -0.1) is 0 Å². The van der Waals surface area contributed by atoms with E-state index in [0.29, 0.717) is 19.4 Å². The molecule has 1 amide bonds. The fourth-order valence-corrected chi connectivity index (χ4v) is 2.11. The summed E-state index contributed by atoms with van der Waals surface area (Å²) in [5, 5.41) is 19.1. The second kappa shape index (κ2) is 6.98. The number of carbonyl (C=O) groups excluding carboxylic acids is 1. The summed E-state index contributed by atoms with van der Waals surface area (Å²) in [5.41, 5.74) is 1.20. The van der Waals surface area contributed by atoms with E-state index < -0.39 is 11.5 Å². The van der Waals surface area contributed by atoms with Crippen molar-refractivity contribution in [3.8, 4) is 0 Å². The Morgan fingerprint density at radius 2 is 1.82 bits per heavy atom. The van der Waals surface area contributed by atoms with Crippen LogP contribution in [0.3, 0.4) is 0 Å². The van der Waals surface area contributed by atoms with Crippen LogP contribution in [0, 0.1) is 0 Å². The van der Waals surface area contributed by atoms with Gasteiger partial charge in [-0.05, 0) is 37.0 Å². The standard InChI is InChI=1S/C16H19N3O3/c1-16(9-11-18-19-16)15(22)17-10-8-13-4-2-12(3-5-13)6-7-14(20)21/h2-5,9,11H,6-8,10H2,1H3,(H,17,22)(H,20,21). The number of hydrogen-bond acceptors (Lipinski definition) is 4.